The Morgan fingerprint density at radius 2 is 2.20 bits per heavy atom. The van der Waals surface area contributed by atoms with Crippen molar-refractivity contribution in [3.05, 3.63) is 30.5 Å². The number of carboxylic acid groups (broad SMARTS) is 1. The number of aliphatic carboxylic acids is 1. The first-order valence-electron chi connectivity index (χ1n) is 5.60. The van der Waals surface area contributed by atoms with E-state index in [1.807, 2.05) is 24.3 Å². The maximum Gasteiger partial charge on any atom is 0.325 e. The van der Waals surface area contributed by atoms with Crippen LogP contribution in [0.2, 0.25) is 0 Å². The van der Waals surface area contributed by atoms with Crippen LogP contribution in [0.15, 0.2) is 40.8 Å². The van der Waals surface area contributed by atoms with Gasteiger partial charge in [-0.3, -0.25) is 4.79 Å². The zero-order valence-electron chi connectivity index (χ0n) is 10.0. The summed E-state index contributed by atoms with van der Waals surface area (Å²) in [6.45, 7) is -0.303. The van der Waals surface area contributed by atoms with E-state index >= 15 is 0 Å². The van der Waals surface area contributed by atoms with Gasteiger partial charge in [-0.25, -0.2) is 14.6 Å². The van der Waals surface area contributed by atoms with Crippen molar-refractivity contribution in [3.8, 4) is 0 Å². The average Bonchev–Trinajstić information content (AvgIpc) is 2.85. The lowest BCUT2D eigenvalue weighted by atomic mass is 10.2. The molecule has 100 valence electrons. The number of carbonyl (C=O) groups is 1. The molecule has 1 aromatic carbocycles. The van der Waals surface area contributed by atoms with Crippen LogP contribution in [0.25, 0.3) is 10.9 Å². The molecule has 9 heteroatoms. The first kappa shape index (κ1) is 12.5. The zero-order valence-corrected chi connectivity index (χ0v) is 10.9. The van der Waals surface area contributed by atoms with E-state index in [2.05, 4.69) is 25.5 Å². The second-order valence-electron chi connectivity index (χ2n) is 3.83. The molecule has 0 unspecified atom stereocenters. The second-order valence-corrected chi connectivity index (χ2v) is 4.76. The van der Waals surface area contributed by atoms with Gasteiger partial charge in [-0.15, -0.1) is 5.10 Å². The highest BCUT2D eigenvalue weighted by Crippen LogP contribution is 2.23. The molecular weight excluding hydrogens is 280 g/mol. The highest BCUT2D eigenvalue weighted by Gasteiger charge is 2.12. The van der Waals surface area contributed by atoms with Crippen LogP contribution < -0.4 is 0 Å². The summed E-state index contributed by atoms with van der Waals surface area (Å²) in [5, 5.41) is 21.3. The van der Waals surface area contributed by atoms with Crippen molar-refractivity contribution in [1.29, 1.82) is 0 Å². The standard InChI is InChI=1S/C11H8N6O2S/c18-9(19)6-17-11(14-15-16-17)20-10-12-5-7-3-1-2-4-8(7)13-10/h1-5H,6H2,(H,18,19). The van der Waals surface area contributed by atoms with Gasteiger partial charge in [0.2, 0.25) is 5.16 Å². The highest BCUT2D eigenvalue weighted by atomic mass is 32.2. The molecule has 0 atom stereocenters. The quantitative estimate of drug-likeness (QED) is 0.704. The molecule has 0 bridgehead atoms. The van der Waals surface area contributed by atoms with E-state index in [4.69, 9.17) is 5.11 Å². The summed E-state index contributed by atoms with van der Waals surface area (Å²) < 4.78 is 1.19. The minimum absolute atomic E-state index is 0.303. The second kappa shape index (κ2) is 5.21. The van der Waals surface area contributed by atoms with Crippen molar-refractivity contribution in [1.82, 2.24) is 30.2 Å². The Hall–Kier alpha value is -2.55. The summed E-state index contributed by atoms with van der Waals surface area (Å²) in [6.07, 6.45) is 1.70. The molecule has 0 aliphatic carbocycles. The average molecular weight is 288 g/mol. The van der Waals surface area contributed by atoms with Crippen LogP contribution in [0.3, 0.4) is 0 Å². The SMILES string of the molecule is O=C(O)Cn1nnnc1Sc1ncc2ccccc2n1. The zero-order chi connectivity index (χ0) is 13.9. The third kappa shape index (κ3) is 2.57. The summed E-state index contributed by atoms with van der Waals surface area (Å²) in [5.74, 6) is -1.02. The third-order valence-corrected chi connectivity index (χ3v) is 3.29. The lowest BCUT2D eigenvalue weighted by molar-refractivity contribution is -0.138. The molecule has 0 spiro atoms. The number of hydrogen-bond acceptors (Lipinski definition) is 7. The fourth-order valence-corrected chi connectivity index (χ4v) is 2.28. The minimum Gasteiger partial charge on any atom is -0.480 e. The van der Waals surface area contributed by atoms with Gasteiger partial charge in [0, 0.05) is 11.6 Å². The molecule has 1 N–H and O–H groups in total. The van der Waals surface area contributed by atoms with Crippen LogP contribution >= 0.6 is 11.8 Å². The van der Waals surface area contributed by atoms with E-state index in [-0.39, 0.29) is 6.54 Å². The van der Waals surface area contributed by atoms with Crippen molar-refractivity contribution < 1.29 is 9.90 Å². The van der Waals surface area contributed by atoms with Gasteiger partial charge in [0.15, 0.2) is 5.16 Å². The summed E-state index contributed by atoms with van der Waals surface area (Å²) in [6, 6.07) is 7.59. The fourth-order valence-electron chi connectivity index (χ4n) is 1.58. The van der Waals surface area contributed by atoms with Gasteiger partial charge in [-0.1, -0.05) is 18.2 Å². The smallest absolute Gasteiger partial charge is 0.325 e. The van der Waals surface area contributed by atoms with Crippen molar-refractivity contribution in [2.75, 3.05) is 0 Å². The van der Waals surface area contributed by atoms with Crippen molar-refractivity contribution >= 4 is 28.6 Å². The van der Waals surface area contributed by atoms with E-state index in [1.165, 1.54) is 4.68 Å². The first-order chi connectivity index (χ1) is 9.72. The summed E-state index contributed by atoms with van der Waals surface area (Å²) in [5.41, 5.74) is 0.808. The van der Waals surface area contributed by atoms with Crippen LogP contribution in [-0.4, -0.2) is 41.3 Å². The van der Waals surface area contributed by atoms with Crippen molar-refractivity contribution in [2.45, 2.75) is 16.9 Å². The summed E-state index contributed by atoms with van der Waals surface area (Å²) in [7, 11) is 0. The normalized spacial score (nSPS) is 10.8. The largest absolute Gasteiger partial charge is 0.480 e. The number of nitrogens with zero attached hydrogens (tertiary/aromatic N) is 6. The molecule has 3 aromatic rings. The predicted molar refractivity (Wildman–Crippen MR) is 69.1 cm³/mol. The molecule has 0 saturated carbocycles. The number of aromatic nitrogens is 6. The topological polar surface area (TPSA) is 107 Å². The molecule has 8 nitrogen and oxygen atoms in total. The third-order valence-electron chi connectivity index (χ3n) is 2.43. The van der Waals surface area contributed by atoms with Gasteiger partial charge in [0.05, 0.1) is 5.52 Å². The molecule has 0 aliphatic heterocycles. The van der Waals surface area contributed by atoms with Gasteiger partial charge in [-0.2, -0.15) is 0 Å². The molecule has 0 amide bonds. The van der Waals surface area contributed by atoms with E-state index < -0.39 is 5.97 Å². The Morgan fingerprint density at radius 3 is 3.05 bits per heavy atom. The summed E-state index contributed by atoms with van der Waals surface area (Å²) in [4.78, 5) is 19.3. The van der Waals surface area contributed by atoms with E-state index in [9.17, 15) is 4.79 Å². The Labute approximate surface area is 116 Å². The lowest BCUT2D eigenvalue weighted by Crippen LogP contribution is -2.11. The van der Waals surface area contributed by atoms with Gasteiger partial charge in [0.1, 0.15) is 6.54 Å². The molecule has 20 heavy (non-hydrogen) atoms. The highest BCUT2D eigenvalue weighted by molar-refractivity contribution is 7.99. The number of tetrazole rings is 1. The Balaban J connectivity index is 1.89. The number of benzene rings is 1. The summed E-state index contributed by atoms with van der Waals surface area (Å²) >= 11 is 1.12. The molecular formula is C11H8N6O2S. The van der Waals surface area contributed by atoms with Gasteiger partial charge < -0.3 is 5.11 Å². The van der Waals surface area contributed by atoms with Crippen molar-refractivity contribution in [2.24, 2.45) is 0 Å². The number of para-hydroxylation sites is 1. The molecule has 2 aromatic heterocycles. The monoisotopic (exact) mass is 288 g/mol. The van der Waals surface area contributed by atoms with Crippen LogP contribution in [0.5, 0.6) is 0 Å². The van der Waals surface area contributed by atoms with Crippen LogP contribution in [0, 0.1) is 0 Å². The molecule has 3 rings (SSSR count). The maximum absolute atomic E-state index is 10.7. The fraction of sp³-hybridized carbons (Fsp3) is 0.0909. The van der Waals surface area contributed by atoms with Gasteiger partial charge in [-0.05, 0) is 28.3 Å². The molecule has 0 radical (unpaired) electrons. The number of hydrogen-bond donors (Lipinski definition) is 1. The van der Waals surface area contributed by atoms with Gasteiger partial charge in [0.25, 0.3) is 0 Å². The number of carboxylic acids is 1. The Bertz CT molecular complexity index is 774. The molecule has 0 aliphatic rings. The van der Waals surface area contributed by atoms with E-state index in [0.29, 0.717) is 10.3 Å². The van der Waals surface area contributed by atoms with Crippen LogP contribution in [0.1, 0.15) is 0 Å². The molecule has 2 heterocycles. The lowest BCUT2D eigenvalue weighted by Gasteiger charge is -2.01. The number of rotatable bonds is 4. The minimum atomic E-state index is -1.02. The van der Waals surface area contributed by atoms with E-state index in [1.54, 1.807) is 6.20 Å². The molecule has 0 fully saturated rings. The van der Waals surface area contributed by atoms with Crippen molar-refractivity contribution in [3.63, 3.8) is 0 Å². The van der Waals surface area contributed by atoms with Crippen LogP contribution in [0.4, 0.5) is 0 Å². The van der Waals surface area contributed by atoms with Crippen LogP contribution in [-0.2, 0) is 11.3 Å². The Kier molecular flexibility index (Phi) is 3.25. The van der Waals surface area contributed by atoms with Gasteiger partial charge >= 0.3 is 5.97 Å². The van der Waals surface area contributed by atoms with E-state index in [0.717, 1.165) is 22.7 Å². The maximum atomic E-state index is 10.7. The molecule has 0 saturated heterocycles. The predicted octanol–water partition coefficient (Wildman–Crippen LogP) is 0.852. The Morgan fingerprint density at radius 1 is 1.35 bits per heavy atom. The number of fused-ring (bicyclic) bond motifs is 1. The first-order valence-corrected chi connectivity index (χ1v) is 6.41.